The molecule has 5 rings (SSSR count). The maximum Gasteiger partial charge on any atom is 0.185 e. The summed E-state index contributed by atoms with van der Waals surface area (Å²) in [6, 6.07) is 26.2. The molecule has 5 aromatic carbocycles. The van der Waals surface area contributed by atoms with Crippen molar-refractivity contribution in [3.05, 3.63) is 96.1 Å². The zero-order valence-corrected chi connectivity index (χ0v) is 16.3. The number of rotatable bonds is 5. The molecule has 30 heavy (non-hydrogen) atoms. The van der Waals surface area contributed by atoms with Crippen LogP contribution in [0.25, 0.3) is 38.4 Å². The molecule has 142 valence electrons. The molecule has 0 aliphatic rings. The first-order valence-corrected chi connectivity index (χ1v) is 9.80. The van der Waals surface area contributed by atoms with Crippen molar-refractivity contribution in [1.82, 2.24) is 0 Å². The van der Waals surface area contributed by atoms with Gasteiger partial charge < -0.3 is 4.74 Å². The Morgan fingerprint density at radius 1 is 0.867 bits per heavy atom. The summed E-state index contributed by atoms with van der Waals surface area (Å²) in [6.07, 6.45) is 8.74. The van der Waals surface area contributed by atoms with E-state index >= 15 is 0 Å². The first-order valence-electron chi connectivity index (χ1n) is 9.80. The van der Waals surface area contributed by atoms with Gasteiger partial charge in [-0.2, -0.15) is 0 Å². The van der Waals surface area contributed by atoms with E-state index in [1.807, 2.05) is 6.08 Å². The first kappa shape index (κ1) is 18.0. The van der Waals surface area contributed by atoms with Crippen LogP contribution in [-0.4, -0.2) is 12.4 Å². The zero-order valence-electron chi connectivity index (χ0n) is 16.3. The molecule has 0 aliphatic heterocycles. The summed E-state index contributed by atoms with van der Waals surface area (Å²) in [7, 11) is 0. The molecule has 5 aromatic rings. The number of hydrogen-bond acceptors (Lipinski definition) is 2. The zero-order chi connectivity index (χ0) is 20.5. The number of carbonyl (C=O) groups excluding carboxylic acids is 1. The number of ether oxygens (including phenoxy) is 1. The lowest BCUT2D eigenvalue weighted by molar-refractivity contribution is 0.104. The highest BCUT2D eigenvalue weighted by Crippen LogP contribution is 2.36. The molecular formula is C28H18O2. The smallest absolute Gasteiger partial charge is 0.185 e. The molecule has 0 radical (unpaired) electrons. The van der Waals surface area contributed by atoms with Crippen LogP contribution < -0.4 is 4.74 Å². The van der Waals surface area contributed by atoms with E-state index in [0.717, 1.165) is 10.9 Å². The molecule has 0 aliphatic carbocycles. The molecule has 0 spiro atoms. The van der Waals surface area contributed by atoms with Gasteiger partial charge >= 0.3 is 0 Å². The number of carbonyl (C=O) groups is 1. The Morgan fingerprint density at radius 3 is 2.37 bits per heavy atom. The molecule has 0 fully saturated rings. The fraction of sp³-hybridized carbons (Fsp3) is 0.0357. The predicted octanol–water partition coefficient (Wildman–Crippen LogP) is 6.49. The van der Waals surface area contributed by atoms with Crippen LogP contribution in [0.5, 0.6) is 5.75 Å². The van der Waals surface area contributed by atoms with E-state index in [-0.39, 0.29) is 12.4 Å². The summed E-state index contributed by atoms with van der Waals surface area (Å²) in [5.41, 5.74) is 1.59. The summed E-state index contributed by atoms with van der Waals surface area (Å²) >= 11 is 0. The molecule has 0 unspecified atom stereocenters. The van der Waals surface area contributed by atoms with Gasteiger partial charge in [-0.3, -0.25) is 4.79 Å². The van der Waals surface area contributed by atoms with Crippen LogP contribution in [0.4, 0.5) is 0 Å². The van der Waals surface area contributed by atoms with E-state index in [0.29, 0.717) is 11.3 Å². The second-order valence-electron chi connectivity index (χ2n) is 7.23. The van der Waals surface area contributed by atoms with Gasteiger partial charge in [-0.1, -0.05) is 78.7 Å². The molecule has 0 bridgehead atoms. The Hall–Kier alpha value is -4.09. The summed E-state index contributed by atoms with van der Waals surface area (Å²) < 4.78 is 5.42. The molecule has 0 heterocycles. The summed E-state index contributed by atoms with van der Waals surface area (Å²) in [5.74, 6) is 2.94. The molecule has 0 saturated carbocycles. The number of allylic oxidation sites excluding steroid dienone is 1. The van der Waals surface area contributed by atoms with Crippen LogP contribution in [-0.2, 0) is 0 Å². The van der Waals surface area contributed by atoms with Crippen LogP contribution in [0.1, 0.15) is 15.9 Å². The Kier molecular flexibility index (Phi) is 4.42. The second kappa shape index (κ2) is 7.39. The molecule has 2 nitrogen and oxygen atoms in total. The van der Waals surface area contributed by atoms with Gasteiger partial charge in [0.1, 0.15) is 12.4 Å². The van der Waals surface area contributed by atoms with Gasteiger partial charge in [-0.05, 0) is 56.1 Å². The van der Waals surface area contributed by atoms with Crippen LogP contribution in [0.15, 0.2) is 84.9 Å². The van der Waals surface area contributed by atoms with Crippen LogP contribution in [0.3, 0.4) is 0 Å². The third kappa shape index (κ3) is 3.07. The van der Waals surface area contributed by atoms with E-state index in [2.05, 4.69) is 60.5 Å². The van der Waals surface area contributed by atoms with Crippen molar-refractivity contribution in [2.45, 2.75) is 0 Å². The third-order valence-electron chi connectivity index (χ3n) is 5.42. The topological polar surface area (TPSA) is 26.3 Å². The number of hydrogen-bond donors (Lipinski definition) is 0. The normalized spacial score (nSPS) is 11.4. The highest BCUT2D eigenvalue weighted by molar-refractivity contribution is 6.24. The largest absolute Gasteiger partial charge is 0.481 e. The molecule has 0 aromatic heterocycles. The van der Waals surface area contributed by atoms with Crippen LogP contribution in [0, 0.1) is 12.3 Å². The monoisotopic (exact) mass is 386 g/mol. The van der Waals surface area contributed by atoms with Crippen molar-refractivity contribution in [2.75, 3.05) is 6.61 Å². The molecule has 2 heteroatoms. The minimum atomic E-state index is -0.0770. The van der Waals surface area contributed by atoms with E-state index in [1.54, 1.807) is 30.3 Å². The SMILES string of the molecule is C#CCOc1cccc(C(=O)/C=C/c2ccc3ccc4cccc5ccc2c3c45)c1. The summed E-state index contributed by atoms with van der Waals surface area (Å²) in [5, 5.41) is 7.32. The molecular weight excluding hydrogens is 368 g/mol. The van der Waals surface area contributed by atoms with Crippen LogP contribution in [0.2, 0.25) is 0 Å². The van der Waals surface area contributed by atoms with E-state index < -0.39 is 0 Å². The maximum absolute atomic E-state index is 12.7. The third-order valence-corrected chi connectivity index (χ3v) is 5.42. The van der Waals surface area contributed by atoms with E-state index in [1.165, 1.54) is 26.9 Å². The van der Waals surface area contributed by atoms with Crippen molar-refractivity contribution in [2.24, 2.45) is 0 Å². The van der Waals surface area contributed by atoms with Gasteiger partial charge in [0.05, 0.1) is 0 Å². The quantitative estimate of drug-likeness (QED) is 0.149. The lowest BCUT2D eigenvalue weighted by Crippen LogP contribution is -1.97. The fourth-order valence-corrected chi connectivity index (χ4v) is 4.03. The Balaban J connectivity index is 1.55. The number of terminal acetylenes is 1. The number of benzene rings is 5. The Bertz CT molecular complexity index is 1450. The lowest BCUT2D eigenvalue weighted by Gasteiger charge is -2.12. The highest BCUT2D eigenvalue weighted by Gasteiger charge is 2.10. The highest BCUT2D eigenvalue weighted by atomic mass is 16.5. The van der Waals surface area contributed by atoms with Crippen molar-refractivity contribution in [3.63, 3.8) is 0 Å². The minimum Gasteiger partial charge on any atom is -0.481 e. The standard InChI is InChI=1S/C28H18O2/c1-2-17-30-24-8-4-7-23(18-24)26(29)16-14-19-9-10-22-12-11-20-5-3-6-21-13-15-25(19)28(22)27(20)21/h1,3-16,18H,17H2/b16-14+. The first-order chi connectivity index (χ1) is 14.7. The average molecular weight is 386 g/mol. The van der Waals surface area contributed by atoms with E-state index in [4.69, 9.17) is 11.2 Å². The van der Waals surface area contributed by atoms with Gasteiger partial charge in [0.25, 0.3) is 0 Å². The summed E-state index contributed by atoms with van der Waals surface area (Å²) in [6.45, 7) is 0.177. The minimum absolute atomic E-state index is 0.0770. The van der Waals surface area contributed by atoms with Gasteiger partial charge in [0.2, 0.25) is 0 Å². The fourth-order valence-electron chi connectivity index (χ4n) is 4.03. The van der Waals surface area contributed by atoms with Gasteiger partial charge in [0, 0.05) is 5.56 Å². The van der Waals surface area contributed by atoms with Crippen molar-refractivity contribution in [1.29, 1.82) is 0 Å². The van der Waals surface area contributed by atoms with Gasteiger partial charge in [0.15, 0.2) is 5.78 Å². The lowest BCUT2D eigenvalue weighted by atomic mass is 9.92. The van der Waals surface area contributed by atoms with Crippen molar-refractivity contribution in [3.8, 4) is 18.1 Å². The second-order valence-corrected chi connectivity index (χ2v) is 7.23. The maximum atomic E-state index is 12.7. The summed E-state index contributed by atoms with van der Waals surface area (Å²) in [4.78, 5) is 12.7. The predicted molar refractivity (Wildman–Crippen MR) is 124 cm³/mol. The molecule has 0 atom stereocenters. The Morgan fingerprint density at radius 2 is 1.57 bits per heavy atom. The molecule has 0 amide bonds. The van der Waals surface area contributed by atoms with Gasteiger partial charge in [-0.15, -0.1) is 6.42 Å². The molecule has 0 N–H and O–H groups in total. The van der Waals surface area contributed by atoms with E-state index in [9.17, 15) is 4.79 Å². The average Bonchev–Trinajstić information content (AvgIpc) is 2.80. The molecule has 0 saturated heterocycles. The van der Waals surface area contributed by atoms with Gasteiger partial charge in [-0.25, -0.2) is 0 Å². The van der Waals surface area contributed by atoms with Crippen molar-refractivity contribution >= 4 is 44.2 Å². The van der Waals surface area contributed by atoms with Crippen LogP contribution >= 0.6 is 0 Å². The van der Waals surface area contributed by atoms with Crippen molar-refractivity contribution < 1.29 is 9.53 Å². The Labute approximate surface area is 174 Å². The number of ketones is 1.